The molecule has 2 aliphatic heterocycles. The van der Waals surface area contributed by atoms with Crippen LogP contribution >= 0.6 is 11.6 Å². The van der Waals surface area contributed by atoms with E-state index in [2.05, 4.69) is 10.2 Å². The Kier molecular flexibility index (Phi) is 6.53. The lowest BCUT2D eigenvalue weighted by molar-refractivity contribution is -0.214. The molecule has 2 aliphatic rings. The first-order chi connectivity index (χ1) is 12.5. The largest absolute Gasteiger partial charge is 0.390 e. The molecule has 26 heavy (non-hydrogen) atoms. The van der Waals surface area contributed by atoms with Crippen LogP contribution in [0.5, 0.6) is 0 Å². The first kappa shape index (κ1) is 19.6. The number of likely N-dealkylation sites (tertiary alicyclic amines) is 1. The van der Waals surface area contributed by atoms with Gasteiger partial charge in [-0.05, 0) is 43.4 Å². The molecule has 6 nitrogen and oxygen atoms in total. The molecule has 0 saturated carbocycles. The normalized spacial score (nSPS) is 26.0. The molecular weight excluding hydrogens is 356 g/mol. The predicted octanol–water partition coefficient (Wildman–Crippen LogP) is 0.975. The van der Waals surface area contributed by atoms with E-state index in [1.165, 1.54) is 0 Å². The number of ether oxygens (including phenoxy) is 1. The molecule has 0 aromatic heterocycles. The van der Waals surface area contributed by atoms with Crippen molar-refractivity contribution in [3.8, 4) is 0 Å². The smallest absolute Gasteiger partial charge is 0.234 e. The highest BCUT2D eigenvalue weighted by molar-refractivity contribution is 6.30. The zero-order valence-electron chi connectivity index (χ0n) is 14.9. The van der Waals surface area contributed by atoms with Crippen LogP contribution in [-0.2, 0) is 16.0 Å². The highest BCUT2D eigenvalue weighted by Crippen LogP contribution is 2.35. The number of aliphatic hydroxyl groups excluding tert-OH is 2. The van der Waals surface area contributed by atoms with Gasteiger partial charge in [0.2, 0.25) is 5.91 Å². The molecule has 2 fully saturated rings. The standard InChI is InChI=1S/C19H27ClN2O4/c20-15-3-1-2-14(12-15)4-8-21-17(24)13-22-9-6-19(7-10-22)18(25)16(23)5-11-26-19/h1-3,12,16,18,23,25H,4-11,13H2,(H,21,24)/t16-,18-/m0/s1. The average Bonchev–Trinajstić information content (AvgIpc) is 2.62. The van der Waals surface area contributed by atoms with Gasteiger partial charge in [0.05, 0.1) is 24.9 Å². The van der Waals surface area contributed by atoms with Crippen LogP contribution < -0.4 is 5.32 Å². The minimum Gasteiger partial charge on any atom is -0.390 e. The summed E-state index contributed by atoms with van der Waals surface area (Å²) in [6, 6.07) is 7.63. The second-order valence-electron chi connectivity index (χ2n) is 7.22. The van der Waals surface area contributed by atoms with Crippen LogP contribution in [-0.4, -0.2) is 71.6 Å². The van der Waals surface area contributed by atoms with Crippen LogP contribution in [0.15, 0.2) is 24.3 Å². The molecule has 0 aliphatic carbocycles. The van der Waals surface area contributed by atoms with Crippen LogP contribution in [0, 0.1) is 0 Å². The number of piperidine rings is 1. The van der Waals surface area contributed by atoms with Crippen molar-refractivity contribution in [3.05, 3.63) is 34.9 Å². The molecule has 1 aromatic rings. The van der Waals surface area contributed by atoms with Crippen molar-refractivity contribution >= 4 is 17.5 Å². The summed E-state index contributed by atoms with van der Waals surface area (Å²) in [5, 5.41) is 23.8. The number of benzene rings is 1. The summed E-state index contributed by atoms with van der Waals surface area (Å²) < 4.78 is 5.82. The molecule has 0 bridgehead atoms. The van der Waals surface area contributed by atoms with Crippen molar-refractivity contribution in [1.82, 2.24) is 10.2 Å². The second kappa shape index (κ2) is 8.67. The van der Waals surface area contributed by atoms with Crippen molar-refractivity contribution in [2.45, 2.75) is 43.5 Å². The number of hydrogen-bond acceptors (Lipinski definition) is 5. The van der Waals surface area contributed by atoms with E-state index in [0.29, 0.717) is 57.1 Å². The van der Waals surface area contributed by atoms with Crippen LogP contribution in [0.1, 0.15) is 24.8 Å². The number of carbonyl (C=O) groups is 1. The third-order valence-corrected chi connectivity index (χ3v) is 5.64. The molecule has 3 N–H and O–H groups in total. The van der Waals surface area contributed by atoms with Gasteiger partial charge in [-0.15, -0.1) is 0 Å². The van der Waals surface area contributed by atoms with Crippen molar-refractivity contribution in [3.63, 3.8) is 0 Å². The van der Waals surface area contributed by atoms with Gasteiger partial charge in [0.1, 0.15) is 6.10 Å². The quantitative estimate of drug-likeness (QED) is 0.707. The Balaban J connectivity index is 1.39. The third-order valence-electron chi connectivity index (χ3n) is 5.40. The highest BCUT2D eigenvalue weighted by Gasteiger charge is 2.47. The summed E-state index contributed by atoms with van der Waals surface area (Å²) in [6.45, 7) is 2.73. The van der Waals surface area contributed by atoms with Crippen molar-refractivity contribution < 1.29 is 19.7 Å². The third kappa shape index (κ3) is 4.75. The fraction of sp³-hybridized carbons (Fsp3) is 0.632. The van der Waals surface area contributed by atoms with Gasteiger partial charge >= 0.3 is 0 Å². The summed E-state index contributed by atoms with van der Waals surface area (Å²) in [7, 11) is 0. The fourth-order valence-electron chi connectivity index (χ4n) is 3.80. The maximum absolute atomic E-state index is 12.2. The highest BCUT2D eigenvalue weighted by atomic mass is 35.5. The minimum atomic E-state index is -0.843. The molecule has 2 atom stereocenters. The van der Waals surface area contributed by atoms with E-state index in [-0.39, 0.29) is 5.91 Å². The Morgan fingerprint density at radius 3 is 2.85 bits per heavy atom. The SMILES string of the molecule is O=C(CN1CCC2(CC1)OCC[C@H](O)[C@@H]2O)NCCc1cccc(Cl)c1. The lowest BCUT2D eigenvalue weighted by atomic mass is 9.80. The van der Waals surface area contributed by atoms with Crippen molar-refractivity contribution in [1.29, 1.82) is 0 Å². The summed E-state index contributed by atoms with van der Waals surface area (Å²) in [5.41, 5.74) is 0.441. The van der Waals surface area contributed by atoms with Crippen LogP contribution in [0.2, 0.25) is 5.02 Å². The summed E-state index contributed by atoms with van der Waals surface area (Å²) >= 11 is 5.96. The number of aliphatic hydroxyl groups is 2. The summed E-state index contributed by atoms with van der Waals surface area (Å²) in [4.78, 5) is 14.2. The van der Waals surface area contributed by atoms with Gasteiger partial charge < -0.3 is 20.3 Å². The molecule has 7 heteroatoms. The van der Waals surface area contributed by atoms with E-state index in [4.69, 9.17) is 16.3 Å². The zero-order chi connectivity index (χ0) is 18.6. The number of rotatable bonds is 5. The number of nitrogens with zero attached hydrogens (tertiary/aromatic N) is 1. The molecule has 0 radical (unpaired) electrons. The average molecular weight is 383 g/mol. The van der Waals surface area contributed by atoms with Gasteiger partial charge in [-0.3, -0.25) is 9.69 Å². The molecule has 1 aromatic carbocycles. The molecule has 2 heterocycles. The Morgan fingerprint density at radius 1 is 1.35 bits per heavy atom. The Bertz CT molecular complexity index is 619. The fourth-order valence-corrected chi connectivity index (χ4v) is 4.02. The first-order valence-corrected chi connectivity index (χ1v) is 9.60. The molecule has 1 amide bonds. The van der Waals surface area contributed by atoms with Gasteiger partial charge in [0, 0.05) is 24.7 Å². The second-order valence-corrected chi connectivity index (χ2v) is 7.66. The molecular formula is C19H27ClN2O4. The molecule has 0 unspecified atom stereocenters. The maximum atomic E-state index is 12.2. The van der Waals surface area contributed by atoms with Crippen LogP contribution in [0.4, 0.5) is 0 Å². The van der Waals surface area contributed by atoms with E-state index in [9.17, 15) is 15.0 Å². The van der Waals surface area contributed by atoms with E-state index >= 15 is 0 Å². The van der Waals surface area contributed by atoms with E-state index in [1.54, 1.807) is 0 Å². The van der Waals surface area contributed by atoms with Gasteiger partial charge in [0.25, 0.3) is 0 Å². The summed E-state index contributed by atoms with van der Waals surface area (Å²) in [6.07, 6.45) is 0.909. The number of carbonyl (C=O) groups excluding carboxylic acids is 1. The summed E-state index contributed by atoms with van der Waals surface area (Å²) in [5.74, 6) is -0.00637. The lowest BCUT2D eigenvalue weighted by Gasteiger charge is -2.48. The van der Waals surface area contributed by atoms with Crippen LogP contribution in [0.3, 0.4) is 0 Å². The van der Waals surface area contributed by atoms with E-state index < -0.39 is 17.8 Å². The number of halogens is 1. The molecule has 1 spiro atoms. The van der Waals surface area contributed by atoms with Gasteiger partial charge in [-0.2, -0.15) is 0 Å². The van der Waals surface area contributed by atoms with Gasteiger partial charge in [0.15, 0.2) is 0 Å². The number of amides is 1. The van der Waals surface area contributed by atoms with E-state index in [1.807, 2.05) is 24.3 Å². The van der Waals surface area contributed by atoms with Gasteiger partial charge in [-0.25, -0.2) is 0 Å². The minimum absolute atomic E-state index is 0.00637. The Morgan fingerprint density at radius 2 is 2.12 bits per heavy atom. The predicted molar refractivity (Wildman–Crippen MR) is 99.2 cm³/mol. The lowest BCUT2D eigenvalue weighted by Crippen LogP contribution is -2.60. The number of nitrogens with one attached hydrogen (secondary N) is 1. The molecule has 3 rings (SSSR count). The van der Waals surface area contributed by atoms with Crippen molar-refractivity contribution in [2.75, 3.05) is 32.8 Å². The molecule has 2 saturated heterocycles. The van der Waals surface area contributed by atoms with Crippen molar-refractivity contribution in [2.24, 2.45) is 0 Å². The molecule has 144 valence electrons. The Hall–Kier alpha value is -1.18. The number of hydrogen-bond donors (Lipinski definition) is 3. The first-order valence-electron chi connectivity index (χ1n) is 9.22. The zero-order valence-corrected chi connectivity index (χ0v) is 15.6. The van der Waals surface area contributed by atoms with E-state index in [0.717, 1.165) is 12.0 Å². The maximum Gasteiger partial charge on any atom is 0.234 e. The monoisotopic (exact) mass is 382 g/mol. The van der Waals surface area contributed by atoms with Gasteiger partial charge in [-0.1, -0.05) is 23.7 Å². The Labute approximate surface area is 159 Å². The van der Waals surface area contributed by atoms with Crippen LogP contribution in [0.25, 0.3) is 0 Å². The topological polar surface area (TPSA) is 82.0 Å².